The standard InChI is InChI=1S/C8H15NO2/c1-3-6-4-5-9-7(6)8(10)11-2/h6-7,9H,3-5H2,1-2H3/t6-,7?/m0/s1. The fourth-order valence-corrected chi connectivity index (χ4v) is 1.60. The molecule has 0 saturated carbocycles. The third-order valence-corrected chi connectivity index (χ3v) is 2.33. The summed E-state index contributed by atoms with van der Waals surface area (Å²) in [4.78, 5) is 11.1. The summed E-state index contributed by atoms with van der Waals surface area (Å²) in [5.41, 5.74) is 0. The van der Waals surface area contributed by atoms with E-state index >= 15 is 0 Å². The van der Waals surface area contributed by atoms with Gasteiger partial charge in [0.1, 0.15) is 6.04 Å². The minimum Gasteiger partial charge on any atom is -0.468 e. The molecule has 1 unspecified atom stereocenters. The third-order valence-electron chi connectivity index (χ3n) is 2.33. The molecule has 11 heavy (non-hydrogen) atoms. The van der Waals surface area contributed by atoms with Gasteiger partial charge in [-0.15, -0.1) is 0 Å². The van der Waals surface area contributed by atoms with Gasteiger partial charge in [-0.05, 0) is 18.9 Å². The Hall–Kier alpha value is -0.570. The van der Waals surface area contributed by atoms with E-state index in [4.69, 9.17) is 0 Å². The molecular formula is C8H15NO2. The third kappa shape index (κ3) is 1.71. The highest BCUT2D eigenvalue weighted by Gasteiger charge is 2.31. The van der Waals surface area contributed by atoms with Gasteiger partial charge in [-0.3, -0.25) is 4.79 Å². The van der Waals surface area contributed by atoms with E-state index in [1.165, 1.54) is 7.11 Å². The van der Waals surface area contributed by atoms with Crippen molar-refractivity contribution in [1.29, 1.82) is 0 Å². The van der Waals surface area contributed by atoms with E-state index in [-0.39, 0.29) is 12.0 Å². The summed E-state index contributed by atoms with van der Waals surface area (Å²) in [5, 5.41) is 3.13. The summed E-state index contributed by atoms with van der Waals surface area (Å²) >= 11 is 0. The van der Waals surface area contributed by atoms with Gasteiger partial charge in [0.05, 0.1) is 7.11 Å². The molecule has 0 aliphatic carbocycles. The van der Waals surface area contributed by atoms with Crippen molar-refractivity contribution in [3.05, 3.63) is 0 Å². The molecule has 0 amide bonds. The van der Waals surface area contributed by atoms with Crippen LogP contribution in [0.25, 0.3) is 0 Å². The highest BCUT2D eigenvalue weighted by Crippen LogP contribution is 2.19. The van der Waals surface area contributed by atoms with Crippen molar-refractivity contribution in [2.24, 2.45) is 5.92 Å². The first kappa shape index (κ1) is 8.53. The van der Waals surface area contributed by atoms with Crippen molar-refractivity contribution in [3.8, 4) is 0 Å². The van der Waals surface area contributed by atoms with Gasteiger partial charge in [0.15, 0.2) is 0 Å². The number of rotatable bonds is 2. The van der Waals surface area contributed by atoms with Crippen molar-refractivity contribution >= 4 is 5.97 Å². The van der Waals surface area contributed by atoms with Gasteiger partial charge in [0.2, 0.25) is 0 Å². The summed E-state index contributed by atoms with van der Waals surface area (Å²) in [6, 6.07) is -0.0509. The molecule has 1 aliphatic heterocycles. The largest absolute Gasteiger partial charge is 0.468 e. The summed E-state index contributed by atoms with van der Waals surface area (Å²) in [7, 11) is 1.44. The fourth-order valence-electron chi connectivity index (χ4n) is 1.60. The zero-order valence-corrected chi connectivity index (χ0v) is 7.09. The Bertz CT molecular complexity index is 147. The number of ether oxygens (including phenoxy) is 1. The molecule has 3 nitrogen and oxygen atoms in total. The average Bonchev–Trinajstić information content (AvgIpc) is 2.50. The highest BCUT2D eigenvalue weighted by molar-refractivity contribution is 5.76. The number of carbonyl (C=O) groups excluding carboxylic acids is 1. The monoisotopic (exact) mass is 157 g/mol. The van der Waals surface area contributed by atoms with Crippen LogP contribution >= 0.6 is 0 Å². The van der Waals surface area contributed by atoms with Crippen LogP contribution in [0.5, 0.6) is 0 Å². The Morgan fingerprint density at radius 3 is 3.00 bits per heavy atom. The molecule has 64 valence electrons. The topological polar surface area (TPSA) is 38.3 Å². The maximum Gasteiger partial charge on any atom is 0.323 e. The van der Waals surface area contributed by atoms with Crippen molar-refractivity contribution < 1.29 is 9.53 Å². The minimum absolute atomic E-state index is 0.0509. The van der Waals surface area contributed by atoms with Gasteiger partial charge < -0.3 is 10.1 Å². The normalized spacial score (nSPS) is 30.4. The van der Waals surface area contributed by atoms with Crippen LogP contribution in [0.2, 0.25) is 0 Å². The Balaban J connectivity index is 2.49. The summed E-state index contributed by atoms with van der Waals surface area (Å²) in [6.45, 7) is 3.05. The van der Waals surface area contributed by atoms with E-state index in [1.54, 1.807) is 0 Å². The Labute approximate surface area is 67.1 Å². The van der Waals surface area contributed by atoms with Crippen LogP contribution in [0.4, 0.5) is 0 Å². The van der Waals surface area contributed by atoms with Crippen LogP contribution in [-0.4, -0.2) is 25.7 Å². The molecular weight excluding hydrogens is 142 g/mol. The molecule has 3 heteroatoms. The molecule has 0 spiro atoms. The maximum atomic E-state index is 11.1. The van der Waals surface area contributed by atoms with E-state index in [0.29, 0.717) is 5.92 Å². The Morgan fingerprint density at radius 2 is 2.45 bits per heavy atom. The first-order valence-electron chi connectivity index (χ1n) is 4.10. The number of methoxy groups -OCH3 is 1. The lowest BCUT2D eigenvalue weighted by Crippen LogP contribution is -2.36. The van der Waals surface area contributed by atoms with Crippen LogP contribution in [0.15, 0.2) is 0 Å². The molecule has 2 atom stereocenters. The molecule has 1 rings (SSSR count). The Kier molecular flexibility index (Phi) is 2.88. The number of nitrogens with one attached hydrogen (secondary N) is 1. The highest BCUT2D eigenvalue weighted by atomic mass is 16.5. The molecule has 1 aliphatic rings. The van der Waals surface area contributed by atoms with Gasteiger partial charge >= 0.3 is 5.97 Å². The van der Waals surface area contributed by atoms with Gasteiger partial charge in [0, 0.05) is 0 Å². The van der Waals surface area contributed by atoms with Crippen LogP contribution in [-0.2, 0) is 9.53 Å². The van der Waals surface area contributed by atoms with Crippen LogP contribution in [0.3, 0.4) is 0 Å². The van der Waals surface area contributed by atoms with E-state index < -0.39 is 0 Å². The smallest absolute Gasteiger partial charge is 0.323 e. The first-order chi connectivity index (χ1) is 5.29. The van der Waals surface area contributed by atoms with Crippen molar-refractivity contribution in [1.82, 2.24) is 5.32 Å². The van der Waals surface area contributed by atoms with Gasteiger partial charge in [-0.1, -0.05) is 13.3 Å². The minimum atomic E-state index is -0.116. The lowest BCUT2D eigenvalue weighted by atomic mass is 9.98. The Morgan fingerprint density at radius 1 is 1.73 bits per heavy atom. The molecule has 0 aromatic carbocycles. The summed E-state index contributed by atoms with van der Waals surface area (Å²) < 4.78 is 4.66. The number of hydrogen-bond donors (Lipinski definition) is 1. The molecule has 1 saturated heterocycles. The molecule has 1 N–H and O–H groups in total. The SMILES string of the molecule is CC[C@H]1CCNC1C(=O)OC. The van der Waals surface area contributed by atoms with Crippen molar-refractivity contribution in [2.75, 3.05) is 13.7 Å². The average molecular weight is 157 g/mol. The molecule has 0 bridgehead atoms. The van der Waals surface area contributed by atoms with Gasteiger partial charge in [-0.25, -0.2) is 0 Å². The number of esters is 1. The molecule has 1 heterocycles. The molecule has 0 aromatic heterocycles. The van der Waals surface area contributed by atoms with Gasteiger partial charge in [0.25, 0.3) is 0 Å². The van der Waals surface area contributed by atoms with Crippen LogP contribution in [0, 0.1) is 5.92 Å². The van der Waals surface area contributed by atoms with Gasteiger partial charge in [-0.2, -0.15) is 0 Å². The second kappa shape index (κ2) is 3.72. The second-order valence-corrected chi connectivity index (χ2v) is 2.91. The predicted octanol–water partition coefficient (Wildman–Crippen LogP) is 0.547. The lowest BCUT2D eigenvalue weighted by molar-refractivity contribution is -0.143. The van der Waals surface area contributed by atoms with E-state index in [0.717, 1.165) is 19.4 Å². The zero-order chi connectivity index (χ0) is 8.27. The first-order valence-corrected chi connectivity index (χ1v) is 4.10. The number of carbonyl (C=O) groups is 1. The molecule has 0 aromatic rings. The second-order valence-electron chi connectivity index (χ2n) is 2.91. The van der Waals surface area contributed by atoms with E-state index in [2.05, 4.69) is 17.0 Å². The quantitative estimate of drug-likeness (QED) is 0.595. The molecule has 1 fully saturated rings. The van der Waals surface area contributed by atoms with Crippen LogP contribution < -0.4 is 5.32 Å². The van der Waals surface area contributed by atoms with E-state index in [1.807, 2.05) is 0 Å². The predicted molar refractivity (Wildman–Crippen MR) is 42.2 cm³/mol. The summed E-state index contributed by atoms with van der Waals surface area (Å²) in [6.07, 6.45) is 2.14. The van der Waals surface area contributed by atoms with Crippen LogP contribution in [0.1, 0.15) is 19.8 Å². The molecule has 0 radical (unpaired) electrons. The number of hydrogen-bond acceptors (Lipinski definition) is 3. The van der Waals surface area contributed by atoms with Crippen molar-refractivity contribution in [3.63, 3.8) is 0 Å². The zero-order valence-electron chi connectivity index (χ0n) is 7.09. The fraction of sp³-hybridized carbons (Fsp3) is 0.875. The van der Waals surface area contributed by atoms with E-state index in [9.17, 15) is 4.79 Å². The van der Waals surface area contributed by atoms with Crippen molar-refractivity contribution in [2.45, 2.75) is 25.8 Å². The summed E-state index contributed by atoms with van der Waals surface area (Å²) in [5.74, 6) is 0.358. The lowest BCUT2D eigenvalue weighted by Gasteiger charge is -2.14. The maximum absolute atomic E-state index is 11.1.